The predicted molar refractivity (Wildman–Crippen MR) is 71.3 cm³/mol. The molecule has 0 saturated carbocycles. The van der Waals surface area contributed by atoms with Gasteiger partial charge in [-0.05, 0) is 0 Å². The average Bonchev–Trinajstić information content (AvgIpc) is 2.67. The van der Waals surface area contributed by atoms with Crippen LogP contribution in [0.25, 0.3) is 11.3 Å². The van der Waals surface area contributed by atoms with E-state index in [1.54, 1.807) is 12.1 Å². The number of imidazole rings is 1. The Morgan fingerprint density at radius 3 is 2.16 bits per heavy atom. The van der Waals surface area contributed by atoms with E-state index in [0.29, 0.717) is 22.9 Å². The number of rotatable bonds is 3. The minimum absolute atomic E-state index is 0.0291. The Bertz CT molecular complexity index is 573. The molecule has 102 valence electrons. The van der Waals surface area contributed by atoms with E-state index in [1.807, 2.05) is 13.8 Å². The van der Waals surface area contributed by atoms with Crippen LogP contribution in [0.3, 0.4) is 0 Å². The van der Waals surface area contributed by atoms with Gasteiger partial charge in [0, 0.05) is 17.0 Å². The fourth-order valence-electron chi connectivity index (χ4n) is 1.87. The first kappa shape index (κ1) is 13.3. The van der Waals surface area contributed by atoms with E-state index in [0.717, 1.165) is 0 Å². The van der Waals surface area contributed by atoms with Crippen LogP contribution in [0.4, 0.5) is 14.6 Å². The first-order valence-corrected chi connectivity index (χ1v) is 5.93. The maximum atomic E-state index is 12.5. The summed E-state index contributed by atoms with van der Waals surface area (Å²) in [5, 5.41) is 0. The lowest BCUT2D eigenvalue weighted by Crippen LogP contribution is -2.16. The van der Waals surface area contributed by atoms with Crippen molar-refractivity contribution in [2.75, 3.05) is 11.6 Å². The highest BCUT2D eigenvalue weighted by Crippen LogP contribution is 2.29. The molecule has 0 unspecified atom stereocenters. The first-order chi connectivity index (χ1) is 8.91. The second kappa shape index (κ2) is 4.87. The zero-order valence-electron chi connectivity index (χ0n) is 10.8. The summed E-state index contributed by atoms with van der Waals surface area (Å²) >= 11 is 0. The standard InChI is InChI=1S/C13H16F2N4/c1-7(2)13-18-10(12(16)19(13)17)8-3-5-9(6-4-8)11(14)15/h3-7,11H,16-17H2,1-2H3. The van der Waals surface area contributed by atoms with Gasteiger partial charge in [-0.15, -0.1) is 0 Å². The minimum atomic E-state index is -2.48. The van der Waals surface area contributed by atoms with E-state index in [2.05, 4.69) is 4.98 Å². The summed E-state index contributed by atoms with van der Waals surface area (Å²) < 4.78 is 26.3. The van der Waals surface area contributed by atoms with Gasteiger partial charge in [0.2, 0.25) is 0 Å². The van der Waals surface area contributed by atoms with E-state index in [1.165, 1.54) is 16.8 Å². The molecule has 0 fully saturated rings. The third kappa shape index (κ3) is 2.38. The van der Waals surface area contributed by atoms with Crippen molar-refractivity contribution in [1.29, 1.82) is 0 Å². The molecule has 0 amide bonds. The molecule has 0 aliphatic rings. The Labute approximate surface area is 110 Å². The maximum absolute atomic E-state index is 12.5. The van der Waals surface area contributed by atoms with Crippen LogP contribution in [0, 0.1) is 0 Å². The average molecular weight is 266 g/mol. The Balaban J connectivity index is 2.44. The molecule has 0 bridgehead atoms. The predicted octanol–water partition coefficient (Wildman–Crippen LogP) is 2.91. The van der Waals surface area contributed by atoms with Crippen LogP contribution in [0.5, 0.6) is 0 Å². The van der Waals surface area contributed by atoms with E-state index in [-0.39, 0.29) is 11.5 Å². The number of nitrogen functional groups attached to an aromatic ring is 2. The van der Waals surface area contributed by atoms with Gasteiger partial charge in [0.1, 0.15) is 11.5 Å². The molecule has 4 nitrogen and oxygen atoms in total. The van der Waals surface area contributed by atoms with Crippen molar-refractivity contribution < 1.29 is 8.78 Å². The number of hydrogen-bond acceptors (Lipinski definition) is 3. The second-order valence-corrected chi connectivity index (χ2v) is 4.65. The quantitative estimate of drug-likeness (QED) is 0.839. The molecule has 0 spiro atoms. The van der Waals surface area contributed by atoms with E-state index < -0.39 is 6.43 Å². The van der Waals surface area contributed by atoms with Gasteiger partial charge in [-0.2, -0.15) is 0 Å². The lowest BCUT2D eigenvalue weighted by molar-refractivity contribution is 0.151. The highest BCUT2D eigenvalue weighted by Gasteiger charge is 2.17. The third-order valence-electron chi connectivity index (χ3n) is 2.93. The summed E-state index contributed by atoms with van der Waals surface area (Å²) in [4.78, 5) is 4.38. The molecular weight excluding hydrogens is 250 g/mol. The highest BCUT2D eigenvalue weighted by molar-refractivity contribution is 5.71. The molecule has 19 heavy (non-hydrogen) atoms. The molecule has 1 aromatic heterocycles. The molecule has 1 heterocycles. The summed E-state index contributed by atoms with van der Waals surface area (Å²) in [5.41, 5.74) is 7.06. The number of anilines is 1. The Morgan fingerprint density at radius 1 is 1.16 bits per heavy atom. The summed E-state index contributed by atoms with van der Waals surface area (Å²) in [6.45, 7) is 3.91. The van der Waals surface area contributed by atoms with E-state index >= 15 is 0 Å². The SMILES string of the molecule is CC(C)c1nc(-c2ccc(C(F)F)cc2)c(N)n1N. The van der Waals surface area contributed by atoms with Crippen LogP contribution in [0.15, 0.2) is 24.3 Å². The fraction of sp³-hybridized carbons (Fsp3) is 0.308. The molecule has 0 saturated heterocycles. The zero-order chi connectivity index (χ0) is 14.2. The second-order valence-electron chi connectivity index (χ2n) is 4.65. The number of halogens is 2. The van der Waals surface area contributed by atoms with Crippen molar-refractivity contribution in [1.82, 2.24) is 9.66 Å². The number of alkyl halides is 2. The van der Waals surface area contributed by atoms with Crippen molar-refractivity contribution in [2.45, 2.75) is 26.2 Å². The van der Waals surface area contributed by atoms with Gasteiger partial charge in [0.05, 0.1) is 0 Å². The molecule has 2 aromatic rings. The molecule has 0 aliphatic carbocycles. The van der Waals surface area contributed by atoms with Gasteiger partial charge >= 0.3 is 0 Å². The van der Waals surface area contributed by atoms with Gasteiger partial charge in [0.15, 0.2) is 5.82 Å². The van der Waals surface area contributed by atoms with Crippen molar-refractivity contribution in [2.24, 2.45) is 0 Å². The van der Waals surface area contributed by atoms with E-state index in [9.17, 15) is 8.78 Å². The van der Waals surface area contributed by atoms with Crippen LogP contribution in [-0.2, 0) is 0 Å². The van der Waals surface area contributed by atoms with Gasteiger partial charge in [0.25, 0.3) is 6.43 Å². The number of hydrogen-bond donors (Lipinski definition) is 2. The van der Waals surface area contributed by atoms with E-state index in [4.69, 9.17) is 11.6 Å². The van der Waals surface area contributed by atoms with Crippen LogP contribution in [0.2, 0.25) is 0 Å². The van der Waals surface area contributed by atoms with Crippen LogP contribution < -0.4 is 11.6 Å². The van der Waals surface area contributed by atoms with Crippen LogP contribution >= 0.6 is 0 Å². The lowest BCUT2D eigenvalue weighted by Gasteiger charge is -2.04. The highest BCUT2D eigenvalue weighted by atomic mass is 19.3. The fourth-order valence-corrected chi connectivity index (χ4v) is 1.87. The smallest absolute Gasteiger partial charge is 0.263 e. The van der Waals surface area contributed by atoms with Crippen LogP contribution in [-0.4, -0.2) is 9.66 Å². The topological polar surface area (TPSA) is 69.9 Å². The van der Waals surface area contributed by atoms with Crippen LogP contribution in [0.1, 0.15) is 37.6 Å². The summed E-state index contributed by atoms with van der Waals surface area (Å²) in [6.07, 6.45) is -2.48. The molecule has 4 N–H and O–H groups in total. The van der Waals surface area contributed by atoms with Gasteiger partial charge < -0.3 is 11.6 Å². The normalized spacial score (nSPS) is 11.5. The Kier molecular flexibility index (Phi) is 3.42. The monoisotopic (exact) mass is 266 g/mol. The zero-order valence-corrected chi connectivity index (χ0v) is 10.8. The molecule has 2 rings (SSSR count). The lowest BCUT2D eigenvalue weighted by atomic mass is 10.1. The number of benzene rings is 1. The van der Waals surface area contributed by atoms with Gasteiger partial charge in [-0.3, -0.25) is 0 Å². The number of aromatic nitrogens is 2. The number of nitrogens with two attached hydrogens (primary N) is 2. The molecule has 0 aliphatic heterocycles. The largest absolute Gasteiger partial charge is 0.382 e. The van der Waals surface area contributed by atoms with Crippen molar-refractivity contribution in [3.8, 4) is 11.3 Å². The third-order valence-corrected chi connectivity index (χ3v) is 2.93. The van der Waals surface area contributed by atoms with Crippen molar-refractivity contribution >= 4 is 5.82 Å². The number of nitrogens with zero attached hydrogens (tertiary/aromatic N) is 2. The maximum Gasteiger partial charge on any atom is 0.263 e. The van der Waals surface area contributed by atoms with Crippen molar-refractivity contribution in [3.05, 3.63) is 35.7 Å². The summed E-state index contributed by atoms with van der Waals surface area (Å²) in [7, 11) is 0. The Hall–Kier alpha value is -2.11. The molecular formula is C13H16F2N4. The van der Waals surface area contributed by atoms with Gasteiger partial charge in [-0.25, -0.2) is 18.4 Å². The Morgan fingerprint density at radius 2 is 1.74 bits per heavy atom. The minimum Gasteiger partial charge on any atom is -0.382 e. The first-order valence-electron chi connectivity index (χ1n) is 5.93. The summed E-state index contributed by atoms with van der Waals surface area (Å²) in [5.74, 6) is 6.94. The molecule has 6 heteroatoms. The van der Waals surface area contributed by atoms with Crippen molar-refractivity contribution in [3.63, 3.8) is 0 Å². The molecule has 0 radical (unpaired) electrons. The van der Waals surface area contributed by atoms with Gasteiger partial charge in [-0.1, -0.05) is 38.1 Å². The molecule has 1 aromatic carbocycles. The summed E-state index contributed by atoms with van der Waals surface area (Å²) in [6, 6.07) is 5.88. The molecule has 0 atom stereocenters.